The molecule has 0 aliphatic carbocycles. The highest BCUT2D eigenvalue weighted by Gasteiger charge is 2.13. The maximum Gasteiger partial charge on any atom is 0.129 e. The Morgan fingerprint density at radius 3 is 2.76 bits per heavy atom. The quantitative estimate of drug-likeness (QED) is 0.877. The van der Waals surface area contributed by atoms with Crippen LogP contribution in [-0.2, 0) is 13.5 Å². The lowest BCUT2D eigenvalue weighted by molar-refractivity contribution is 0.561. The summed E-state index contributed by atoms with van der Waals surface area (Å²) in [4.78, 5) is 0. The van der Waals surface area contributed by atoms with Crippen LogP contribution < -0.4 is 5.73 Å². The van der Waals surface area contributed by atoms with E-state index in [-0.39, 0.29) is 6.42 Å². The van der Waals surface area contributed by atoms with E-state index in [1.807, 2.05) is 0 Å². The molecule has 1 aromatic heterocycles. The summed E-state index contributed by atoms with van der Waals surface area (Å²) in [6, 6.07) is 2.99. The van der Waals surface area contributed by atoms with Crippen LogP contribution in [0.3, 0.4) is 0 Å². The van der Waals surface area contributed by atoms with Crippen molar-refractivity contribution in [2.24, 2.45) is 12.8 Å². The Morgan fingerprint density at radius 1 is 1.41 bits per heavy atom. The van der Waals surface area contributed by atoms with E-state index < -0.39 is 17.7 Å². The highest BCUT2D eigenvalue weighted by Crippen LogP contribution is 2.17. The van der Waals surface area contributed by atoms with Gasteiger partial charge in [-0.15, -0.1) is 5.10 Å². The number of rotatable bonds is 3. The predicted molar refractivity (Wildman–Crippen MR) is 58.0 cm³/mol. The molecule has 0 aliphatic heterocycles. The monoisotopic (exact) mass is 238 g/mol. The summed E-state index contributed by atoms with van der Waals surface area (Å²) in [5, 5.41) is 7.60. The van der Waals surface area contributed by atoms with Crippen LogP contribution in [-0.4, -0.2) is 15.0 Å². The molecular weight excluding hydrogens is 226 g/mol. The summed E-state index contributed by atoms with van der Waals surface area (Å²) in [6.45, 7) is 0. The van der Waals surface area contributed by atoms with Crippen molar-refractivity contribution in [1.29, 1.82) is 0 Å². The zero-order valence-electron chi connectivity index (χ0n) is 9.27. The van der Waals surface area contributed by atoms with Gasteiger partial charge in [-0.1, -0.05) is 11.3 Å². The molecule has 0 bridgehead atoms. The van der Waals surface area contributed by atoms with Crippen molar-refractivity contribution < 1.29 is 8.78 Å². The van der Waals surface area contributed by atoms with Crippen LogP contribution in [0, 0.1) is 11.6 Å². The van der Waals surface area contributed by atoms with Crippen molar-refractivity contribution in [2.75, 3.05) is 0 Å². The standard InChI is InChI=1S/C11H12F2N4/c1-17-6-11(15-16-17)10(14)4-7-2-3-8(12)5-9(7)13/h2-3,5-6,10H,4,14H2,1H3. The minimum absolute atomic E-state index is 0.255. The molecule has 17 heavy (non-hydrogen) atoms. The molecule has 90 valence electrons. The van der Waals surface area contributed by atoms with E-state index in [1.165, 1.54) is 16.8 Å². The SMILES string of the molecule is Cn1cc(C(N)Cc2ccc(F)cc2F)nn1. The molecule has 1 aromatic carbocycles. The first kappa shape index (κ1) is 11.7. The van der Waals surface area contributed by atoms with Crippen molar-refractivity contribution in [3.05, 3.63) is 47.3 Å². The molecular formula is C11H12F2N4. The molecule has 2 rings (SSSR count). The van der Waals surface area contributed by atoms with Crippen molar-refractivity contribution in [3.8, 4) is 0 Å². The van der Waals surface area contributed by atoms with E-state index in [4.69, 9.17) is 5.73 Å². The number of nitrogens with zero attached hydrogens (tertiary/aromatic N) is 3. The van der Waals surface area contributed by atoms with Gasteiger partial charge in [-0.05, 0) is 18.1 Å². The first-order valence-corrected chi connectivity index (χ1v) is 5.12. The molecule has 1 unspecified atom stereocenters. The molecule has 6 heteroatoms. The summed E-state index contributed by atoms with van der Waals surface area (Å²) in [7, 11) is 1.72. The summed E-state index contributed by atoms with van der Waals surface area (Å²) >= 11 is 0. The minimum atomic E-state index is -0.598. The summed E-state index contributed by atoms with van der Waals surface area (Å²) < 4.78 is 27.6. The van der Waals surface area contributed by atoms with Gasteiger partial charge in [0.15, 0.2) is 0 Å². The van der Waals surface area contributed by atoms with Crippen LogP contribution in [0.15, 0.2) is 24.4 Å². The molecule has 2 aromatic rings. The Kier molecular flexibility index (Phi) is 3.14. The van der Waals surface area contributed by atoms with Crippen LogP contribution >= 0.6 is 0 Å². The number of nitrogens with two attached hydrogens (primary N) is 1. The Morgan fingerprint density at radius 2 is 2.18 bits per heavy atom. The van der Waals surface area contributed by atoms with Crippen molar-refractivity contribution in [1.82, 2.24) is 15.0 Å². The fourth-order valence-corrected chi connectivity index (χ4v) is 1.56. The van der Waals surface area contributed by atoms with E-state index in [0.29, 0.717) is 11.3 Å². The van der Waals surface area contributed by atoms with Gasteiger partial charge in [0, 0.05) is 19.3 Å². The largest absolute Gasteiger partial charge is 0.322 e. The lowest BCUT2D eigenvalue weighted by Crippen LogP contribution is -2.14. The van der Waals surface area contributed by atoms with Crippen LogP contribution in [0.5, 0.6) is 0 Å². The fraction of sp³-hybridized carbons (Fsp3) is 0.273. The Bertz CT molecular complexity index is 524. The first-order valence-electron chi connectivity index (χ1n) is 5.12. The molecule has 1 heterocycles. The van der Waals surface area contributed by atoms with Crippen LogP contribution in [0.2, 0.25) is 0 Å². The topological polar surface area (TPSA) is 56.7 Å². The van der Waals surface area contributed by atoms with E-state index in [9.17, 15) is 8.78 Å². The zero-order valence-corrected chi connectivity index (χ0v) is 9.27. The molecule has 0 saturated heterocycles. The van der Waals surface area contributed by atoms with Crippen molar-refractivity contribution in [3.63, 3.8) is 0 Å². The Hall–Kier alpha value is -1.82. The molecule has 2 N–H and O–H groups in total. The molecule has 0 amide bonds. The second-order valence-electron chi connectivity index (χ2n) is 3.86. The molecule has 1 atom stereocenters. The molecule has 0 spiro atoms. The normalized spacial score (nSPS) is 12.7. The predicted octanol–water partition coefficient (Wildman–Crippen LogP) is 1.34. The summed E-state index contributed by atoms with van der Waals surface area (Å²) in [5.74, 6) is -1.19. The lowest BCUT2D eigenvalue weighted by atomic mass is 10.0. The zero-order chi connectivity index (χ0) is 12.4. The van der Waals surface area contributed by atoms with E-state index in [1.54, 1.807) is 13.2 Å². The average Bonchev–Trinajstić information content (AvgIpc) is 2.69. The number of hydrogen-bond donors (Lipinski definition) is 1. The molecule has 4 nitrogen and oxygen atoms in total. The van der Waals surface area contributed by atoms with E-state index >= 15 is 0 Å². The minimum Gasteiger partial charge on any atom is -0.322 e. The maximum atomic E-state index is 13.4. The average molecular weight is 238 g/mol. The van der Waals surface area contributed by atoms with Crippen molar-refractivity contribution in [2.45, 2.75) is 12.5 Å². The maximum absolute atomic E-state index is 13.4. The van der Waals surface area contributed by atoms with Gasteiger partial charge in [0.1, 0.15) is 11.6 Å². The van der Waals surface area contributed by atoms with Crippen LogP contribution in [0.25, 0.3) is 0 Å². The molecule has 0 fully saturated rings. The van der Waals surface area contributed by atoms with Gasteiger partial charge < -0.3 is 5.73 Å². The van der Waals surface area contributed by atoms with Gasteiger partial charge >= 0.3 is 0 Å². The van der Waals surface area contributed by atoms with E-state index in [0.717, 1.165) is 6.07 Å². The molecule has 0 saturated carbocycles. The van der Waals surface area contributed by atoms with Gasteiger partial charge in [-0.25, -0.2) is 8.78 Å². The second kappa shape index (κ2) is 4.58. The third-order valence-corrected chi connectivity index (χ3v) is 2.46. The molecule has 0 radical (unpaired) electrons. The third kappa shape index (κ3) is 2.65. The van der Waals surface area contributed by atoms with Gasteiger partial charge in [-0.2, -0.15) is 0 Å². The van der Waals surface area contributed by atoms with Crippen molar-refractivity contribution >= 4 is 0 Å². The smallest absolute Gasteiger partial charge is 0.129 e. The fourth-order valence-electron chi connectivity index (χ4n) is 1.56. The van der Waals surface area contributed by atoms with Crippen LogP contribution in [0.1, 0.15) is 17.3 Å². The highest BCUT2D eigenvalue weighted by molar-refractivity contribution is 5.21. The number of benzene rings is 1. The third-order valence-electron chi connectivity index (χ3n) is 2.46. The van der Waals surface area contributed by atoms with Gasteiger partial charge in [-0.3, -0.25) is 4.68 Å². The van der Waals surface area contributed by atoms with E-state index in [2.05, 4.69) is 10.3 Å². The molecule has 0 aliphatic rings. The van der Waals surface area contributed by atoms with Gasteiger partial charge in [0.25, 0.3) is 0 Å². The second-order valence-corrected chi connectivity index (χ2v) is 3.86. The number of hydrogen-bond acceptors (Lipinski definition) is 3. The number of halogens is 2. The number of aryl methyl sites for hydroxylation is 1. The number of aromatic nitrogens is 3. The summed E-state index contributed by atoms with van der Waals surface area (Å²) in [6.07, 6.45) is 1.93. The first-order chi connectivity index (χ1) is 8.06. The van der Waals surface area contributed by atoms with Crippen LogP contribution in [0.4, 0.5) is 8.78 Å². The van der Waals surface area contributed by atoms with Gasteiger partial charge in [0.2, 0.25) is 0 Å². The van der Waals surface area contributed by atoms with Gasteiger partial charge in [0.05, 0.1) is 11.7 Å². The Labute approximate surface area is 97.0 Å². The highest BCUT2D eigenvalue weighted by atomic mass is 19.1. The Balaban J connectivity index is 2.15. The lowest BCUT2D eigenvalue weighted by Gasteiger charge is -2.08. The summed E-state index contributed by atoms with van der Waals surface area (Å²) in [5.41, 5.74) is 6.82.